The van der Waals surface area contributed by atoms with Crippen LogP contribution in [0.15, 0.2) is 48.5 Å². The molecule has 0 aliphatic heterocycles. The summed E-state index contributed by atoms with van der Waals surface area (Å²) >= 11 is 6.02. The van der Waals surface area contributed by atoms with Gasteiger partial charge >= 0.3 is 0 Å². The van der Waals surface area contributed by atoms with Crippen LogP contribution in [-0.2, 0) is 0 Å². The van der Waals surface area contributed by atoms with Gasteiger partial charge in [0, 0.05) is 16.8 Å². The van der Waals surface area contributed by atoms with Gasteiger partial charge in [0.1, 0.15) is 5.75 Å². The molecule has 0 spiro atoms. The first kappa shape index (κ1) is 14.7. The van der Waals surface area contributed by atoms with E-state index >= 15 is 0 Å². The molecule has 0 aliphatic rings. The summed E-state index contributed by atoms with van der Waals surface area (Å²) in [6.45, 7) is 6.16. The maximum atomic E-state index is 6.02. The molecule has 20 heavy (non-hydrogen) atoms. The highest BCUT2D eigenvalue weighted by Crippen LogP contribution is 2.23. The number of ether oxygens (including phenoxy) is 1. The topological polar surface area (TPSA) is 21.3 Å². The Morgan fingerprint density at radius 1 is 1.00 bits per heavy atom. The van der Waals surface area contributed by atoms with Crippen LogP contribution in [0.25, 0.3) is 0 Å². The van der Waals surface area contributed by atoms with Crippen LogP contribution >= 0.6 is 11.6 Å². The molecule has 0 fully saturated rings. The van der Waals surface area contributed by atoms with Gasteiger partial charge in [0.25, 0.3) is 0 Å². The summed E-state index contributed by atoms with van der Waals surface area (Å²) in [4.78, 5) is 0. The van der Waals surface area contributed by atoms with Gasteiger partial charge in [-0.25, -0.2) is 0 Å². The van der Waals surface area contributed by atoms with Gasteiger partial charge in [-0.3, -0.25) is 0 Å². The minimum Gasteiger partial charge on any atom is -0.491 e. The largest absolute Gasteiger partial charge is 0.491 e. The van der Waals surface area contributed by atoms with Crippen molar-refractivity contribution in [3.05, 3.63) is 59.1 Å². The minimum atomic E-state index is 0.194. The number of anilines is 1. The second-order valence-electron chi connectivity index (χ2n) is 5.11. The third-order valence-electron chi connectivity index (χ3n) is 2.96. The van der Waals surface area contributed by atoms with Crippen molar-refractivity contribution in [2.75, 3.05) is 5.32 Å². The molecule has 2 aromatic carbocycles. The van der Waals surface area contributed by atoms with Crippen LogP contribution in [0.3, 0.4) is 0 Å². The summed E-state index contributed by atoms with van der Waals surface area (Å²) in [7, 11) is 0. The first-order valence-electron chi connectivity index (χ1n) is 6.83. The molecule has 0 saturated heterocycles. The zero-order valence-electron chi connectivity index (χ0n) is 12.1. The fraction of sp³-hybridized carbons (Fsp3) is 0.294. The molecule has 2 rings (SSSR count). The van der Waals surface area contributed by atoms with E-state index in [-0.39, 0.29) is 12.1 Å². The Morgan fingerprint density at radius 3 is 2.30 bits per heavy atom. The van der Waals surface area contributed by atoms with Crippen LogP contribution < -0.4 is 10.1 Å². The van der Waals surface area contributed by atoms with E-state index in [2.05, 4.69) is 18.3 Å². The van der Waals surface area contributed by atoms with Gasteiger partial charge in [-0.2, -0.15) is 0 Å². The highest BCUT2D eigenvalue weighted by atomic mass is 35.5. The van der Waals surface area contributed by atoms with Crippen LogP contribution in [-0.4, -0.2) is 6.10 Å². The summed E-state index contributed by atoms with van der Waals surface area (Å²) in [5.74, 6) is 0.890. The second-order valence-corrected chi connectivity index (χ2v) is 5.55. The molecule has 2 aromatic rings. The molecular weight excluding hydrogens is 270 g/mol. The number of rotatable bonds is 5. The molecule has 0 heterocycles. The van der Waals surface area contributed by atoms with E-state index in [0.717, 1.165) is 16.5 Å². The number of nitrogens with one attached hydrogen (secondary N) is 1. The van der Waals surface area contributed by atoms with Crippen LogP contribution in [0.2, 0.25) is 5.02 Å². The molecule has 0 radical (unpaired) electrons. The van der Waals surface area contributed by atoms with Crippen LogP contribution in [0.1, 0.15) is 32.4 Å². The highest BCUT2D eigenvalue weighted by Gasteiger charge is 2.06. The first-order chi connectivity index (χ1) is 9.54. The second kappa shape index (κ2) is 6.67. The zero-order chi connectivity index (χ0) is 14.5. The lowest BCUT2D eigenvalue weighted by molar-refractivity contribution is 0.242. The van der Waals surface area contributed by atoms with Gasteiger partial charge in [0.15, 0.2) is 0 Å². The van der Waals surface area contributed by atoms with Crippen molar-refractivity contribution in [3.8, 4) is 5.75 Å². The molecule has 1 N–H and O–H groups in total. The predicted molar refractivity (Wildman–Crippen MR) is 85.7 cm³/mol. The fourth-order valence-corrected chi connectivity index (χ4v) is 2.21. The summed E-state index contributed by atoms with van der Waals surface area (Å²) in [6.07, 6.45) is 0.194. The van der Waals surface area contributed by atoms with Gasteiger partial charge in [-0.05, 0) is 62.7 Å². The molecule has 1 unspecified atom stereocenters. The molecule has 3 heteroatoms. The monoisotopic (exact) mass is 289 g/mol. The maximum Gasteiger partial charge on any atom is 0.119 e. The average Bonchev–Trinajstić information content (AvgIpc) is 2.40. The quantitative estimate of drug-likeness (QED) is 0.806. The van der Waals surface area contributed by atoms with Gasteiger partial charge in [-0.15, -0.1) is 0 Å². The van der Waals surface area contributed by atoms with Gasteiger partial charge in [0.2, 0.25) is 0 Å². The number of benzene rings is 2. The molecular formula is C17H20ClNO. The Hall–Kier alpha value is -1.67. The van der Waals surface area contributed by atoms with Crippen molar-refractivity contribution < 1.29 is 4.74 Å². The van der Waals surface area contributed by atoms with E-state index < -0.39 is 0 Å². The molecule has 2 nitrogen and oxygen atoms in total. The smallest absolute Gasteiger partial charge is 0.119 e. The normalized spacial score (nSPS) is 12.2. The molecule has 0 aliphatic carbocycles. The molecule has 0 saturated carbocycles. The fourth-order valence-electron chi connectivity index (χ4n) is 2.01. The van der Waals surface area contributed by atoms with Crippen molar-refractivity contribution in [1.29, 1.82) is 0 Å². The highest BCUT2D eigenvalue weighted by molar-refractivity contribution is 6.30. The van der Waals surface area contributed by atoms with E-state index in [4.69, 9.17) is 16.3 Å². The molecule has 0 amide bonds. The Balaban J connectivity index is 2.02. The van der Waals surface area contributed by atoms with Crippen LogP contribution in [0.5, 0.6) is 5.75 Å². The zero-order valence-corrected chi connectivity index (χ0v) is 12.8. The van der Waals surface area contributed by atoms with Gasteiger partial charge in [-0.1, -0.05) is 23.7 Å². The summed E-state index contributed by atoms with van der Waals surface area (Å²) in [5.41, 5.74) is 2.23. The van der Waals surface area contributed by atoms with Gasteiger partial charge in [0.05, 0.1) is 6.10 Å². The molecule has 1 atom stereocenters. The average molecular weight is 290 g/mol. The maximum absolute atomic E-state index is 6.02. The van der Waals surface area contributed by atoms with E-state index in [1.54, 1.807) is 0 Å². The Labute approximate surface area is 125 Å². The molecule has 0 aromatic heterocycles. The van der Waals surface area contributed by atoms with Crippen molar-refractivity contribution in [2.24, 2.45) is 0 Å². The standard InChI is InChI=1S/C17H20ClNO/c1-12(2)20-17-9-7-16(8-10-17)19-13(3)14-5-4-6-15(18)11-14/h4-13,19H,1-3H3. The number of hydrogen-bond donors (Lipinski definition) is 1. The van der Waals surface area contributed by atoms with E-state index in [1.807, 2.05) is 56.3 Å². The Kier molecular flexibility index (Phi) is 4.91. The molecule has 0 bridgehead atoms. The SMILES string of the molecule is CC(C)Oc1ccc(NC(C)c2cccc(Cl)c2)cc1. The van der Waals surface area contributed by atoms with Crippen molar-refractivity contribution in [2.45, 2.75) is 32.9 Å². The minimum absolute atomic E-state index is 0.194. The first-order valence-corrected chi connectivity index (χ1v) is 7.21. The Morgan fingerprint density at radius 2 is 1.70 bits per heavy atom. The van der Waals surface area contributed by atoms with E-state index in [9.17, 15) is 0 Å². The lowest BCUT2D eigenvalue weighted by Crippen LogP contribution is -2.07. The predicted octanol–water partition coefficient (Wildman–Crippen LogP) is 5.30. The lowest BCUT2D eigenvalue weighted by atomic mass is 10.1. The van der Waals surface area contributed by atoms with Crippen LogP contribution in [0, 0.1) is 0 Å². The third kappa shape index (κ3) is 4.17. The molecule has 106 valence electrons. The lowest BCUT2D eigenvalue weighted by Gasteiger charge is -2.17. The van der Waals surface area contributed by atoms with Crippen molar-refractivity contribution in [3.63, 3.8) is 0 Å². The van der Waals surface area contributed by atoms with Gasteiger partial charge < -0.3 is 10.1 Å². The summed E-state index contributed by atoms with van der Waals surface area (Å²) in [6, 6.07) is 16.1. The van der Waals surface area contributed by atoms with Crippen molar-refractivity contribution in [1.82, 2.24) is 0 Å². The Bertz CT molecular complexity index is 551. The van der Waals surface area contributed by atoms with E-state index in [1.165, 1.54) is 5.56 Å². The van der Waals surface area contributed by atoms with E-state index in [0.29, 0.717) is 0 Å². The van der Waals surface area contributed by atoms with Crippen LogP contribution in [0.4, 0.5) is 5.69 Å². The number of hydrogen-bond acceptors (Lipinski definition) is 2. The summed E-state index contributed by atoms with van der Waals surface area (Å²) in [5, 5.41) is 4.21. The summed E-state index contributed by atoms with van der Waals surface area (Å²) < 4.78 is 5.63. The number of halogens is 1. The van der Waals surface area contributed by atoms with Crippen molar-refractivity contribution >= 4 is 17.3 Å². The third-order valence-corrected chi connectivity index (χ3v) is 3.19.